The number of carbonyl (C=O) groups is 2. The van der Waals surface area contributed by atoms with Gasteiger partial charge in [-0.15, -0.1) is 0 Å². The normalized spacial score (nSPS) is 12.4. The van der Waals surface area contributed by atoms with Crippen molar-refractivity contribution in [1.82, 2.24) is 24.4 Å². The topological polar surface area (TPSA) is 199 Å². The number of amides is 1. The third-order valence-corrected chi connectivity index (χ3v) is 10.3. The van der Waals surface area contributed by atoms with E-state index in [1.807, 2.05) is 48.5 Å². The molecule has 0 atom stereocenters. The van der Waals surface area contributed by atoms with Crippen molar-refractivity contribution in [3.05, 3.63) is 200 Å². The van der Waals surface area contributed by atoms with Crippen molar-refractivity contribution in [2.75, 3.05) is 6.61 Å². The average Bonchev–Trinajstić information content (AvgIpc) is 4.30. The predicted molar refractivity (Wildman–Crippen MR) is 248 cm³/mol. The molecule has 332 valence electrons. The molecule has 10 rings (SSSR count). The second-order valence-electron chi connectivity index (χ2n) is 15.6. The third kappa shape index (κ3) is 11.2. The lowest BCUT2D eigenvalue weighted by molar-refractivity contribution is -0.904. The van der Waals surface area contributed by atoms with Crippen LogP contribution in [0.4, 0.5) is 0 Å². The highest BCUT2D eigenvalue weighted by molar-refractivity contribution is 5.97. The molecule has 8 aromatic rings. The fourth-order valence-electron chi connectivity index (χ4n) is 6.65. The highest BCUT2D eigenvalue weighted by Crippen LogP contribution is 2.22. The largest absolute Gasteiger partial charge is 0.462 e. The first kappa shape index (κ1) is 44.7. The summed E-state index contributed by atoms with van der Waals surface area (Å²) < 4.78 is 10.4. The van der Waals surface area contributed by atoms with Crippen LogP contribution in [0.1, 0.15) is 75.6 Å². The van der Waals surface area contributed by atoms with E-state index in [0.717, 1.165) is 33.6 Å². The summed E-state index contributed by atoms with van der Waals surface area (Å²) in [5, 5.41) is 22.6. The van der Waals surface area contributed by atoms with E-state index in [9.17, 15) is 29.6 Å². The van der Waals surface area contributed by atoms with Crippen molar-refractivity contribution in [3.63, 3.8) is 0 Å². The number of rotatable bonds is 6. The van der Waals surface area contributed by atoms with Crippen molar-refractivity contribution in [2.45, 2.75) is 44.7 Å². The van der Waals surface area contributed by atoms with Crippen molar-refractivity contribution in [2.24, 2.45) is 5.73 Å². The number of aromatic nitrogens is 6. The number of benzene rings is 2. The lowest BCUT2D eigenvalue weighted by Gasteiger charge is -2.13. The summed E-state index contributed by atoms with van der Waals surface area (Å²) >= 11 is 0. The SMILES string of the molecule is CCOC(=O)c1cn(-c2cccc(C#Cc3ccc[n+](O)c3)c2)c2ncccc2c1=O.NC1CC1.O=C(NC1CC1)c1cn(-c2cccc(C#Cc3ccc[n+](O)c3)c2)c2ncccc2c1=O. The van der Waals surface area contributed by atoms with Crippen LogP contribution in [-0.4, -0.2) is 60.1 Å². The Hall–Kier alpha value is -8.92. The molecular weight excluding hydrogens is 849 g/mol. The van der Waals surface area contributed by atoms with Gasteiger partial charge in [0.25, 0.3) is 5.91 Å². The minimum Gasteiger partial charge on any atom is -0.462 e. The first-order chi connectivity index (χ1) is 32.5. The first-order valence-electron chi connectivity index (χ1n) is 21.4. The molecule has 15 nitrogen and oxygen atoms in total. The maximum atomic E-state index is 13.0. The van der Waals surface area contributed by atoms with Crippen molar-refractivity contribution < 1.29 is 34.2 Å². The van der Waals surface area contributed by atoms with Crippen LogP contribution in [-0.2, 0) is 4.74 Å². The van der Waals surface area contributed by atoms with Gasteiger partial charge in [-0.2, -0.15) is 0 Å². The smallest absolute Gasteiger partial charge is 0.343 e. The number of carbonyl (C=O) groups excluding carboxylic acids is 2. The van der Waals surface area contributed by atoms with Gasteiger partial charge in [0.2, 0.25) is 35.6 Å². The molecule has 2 fully saturated rings. The summed E-state index contributed by atoms with van der Waals surface area (Å²) in [4.78, 5) is 59.5. The highest BCUT2D eigenvalue weighted by Gasteiger charge is 2.26. The Kier molecular flexibility index (Phi) is 13.5. The van der Waals surface area contributed by atoms with Crippen LogP contribution in [0, 0.1) is 23.7 Å². The molecule has 1 amide bonds. The van der Waals surface area contributed by atoms with Gasteiger partial charge in [0.15, 0.2) is 0 Å². The van der Waals surface area contributed by atoms with Gasteiger partial charge in [-0.25, -0.2) is 14.8 Å². The summed E-state index contributed by atoms with van der Waals surface area (Å²) in [5.41, 5.74) is 9.57. The molecular formula is C52H44N8O7+2. The van der Waals surface area contributed by atoms with Crippen LogP contribution in [0.5, 0.6) is 0 Å². The number of nitrogens with one attached hydrogen (secondary N) is 1. The number of pyridine rings is 6. The summed E-state index contributed by atoms with van der Waals surface area (Å²) in [6, 6.07) is 29.1. The van der Waals surface area contributed by atoms with Gasteiger partial charge in [-0.1, -0.05) is 35.8 Å². The Bertz CT molecular complexity index is 3430. The van der Waals surface area contributed by atoms with Crippen LogP contribution in [0.2, 0.25) is 0 Å². The van der Waals surface area contributed by atoms with E-state index < -0.39 is 11.4 Å². The Morgan fingerprint density at radius 3 is 1.61 bits per heavy atom. The molecule has 5 N–H and O–H groups in total. The van der Waals surface area contributed by atoms with Crippen molar-refractivity contribution >= 4 is 33.9 Å². The second-order valence-corrected chi connectivity index (χ2v) is 15.6. The minimum atomic E-state index is -0.677. The molecule has 0 spiro atoms. The zero-order valence-corrected chi connectivity index (χ0v) is 36.2. The molecule has 0 radical (unpaired) electrons. The fraction of sp³-hybridized carbons (Fsp3) is 0.154. The second kappa shape index (κ2) is 20.3. The Morgan fingerprint density at radius 2 is 1.15 bits per heavy atom. The molecule has 2 aromatic carbocycles. The fourth-order valence-corrected chi connectivity index (χ4v) is 6.65. The van der Waals surface area contributed by atoms with E-state index in [0.29, 0.717) is 50.5 Å². The van der Waals surface area contributed by atoms with E-state index in [2.05, 4.69) is 39.0 Å². The van der Waals surface area contributed by atoms with Crippen LogP contribution in [0.25, 0.3) is 33.4 Å². The van der Waals surface area contributed by atoms with E-state index in [1.165, 1.54) is 43.8 Å². The van der Waals surface area contributed by atoms with Gasteiger partial charge in [-0.3, -0.25) is 24.8 Å². The van der Waals surface area contributed by atoms with Gasteiger partial charge in [0.1, 0.15) is 22.4 Å². The average molecular weight is 893 g/mol. The molecule has 6 heterocycles. The monoisotopic (exact) mass is 892 g/mol. The van der Waals surface area contributed by atoms with Crippen molar-refractivity contribution in [1.29, 1.82) is 0 Å². The quantitative estimate of drug-likeness (QED) is 0.0779. The number of hydrogen-bond acceptors (Lipinski definition) is 10. The van der Waals surface area contributed by atoms with Crippen LogP contribution in [0.15, 0.2) is 156 Å². The number of nitrogens with zero attached hydrogens (tertiary/aromatic N) is 6. The Morgan fingerprint density at radius 1 is 0.687 bits per heavy atom. The van der Waals surface area contributed by atoms with Crippen LogP contribution < -0.4 is 31.4 Å². The predicted octanol–water partition coefficient (Wildman–Crippen LogP) is 4.80. The lowest BCUT2D eigenvalue weighted by Crippen LogP contribution is -2.31. The number of hydrogen-bond donors (Lipinski definition) is 4. The van der Waals surface area contributed by atoms with Gasteiger partial charge < -0.3 is 24.9 Å². The summed E-state index contributed by atoms with van der Waals surface area (Å²) in [7, 11) is 0. The Labute approximate surface area is 383 Å². The molecule has 2 aliphatic rings. The number of ether oxygens (including phenoxy) is 1. The summed E-state index contributed by atoms with van der Waals surface area (Å²) in [6.45, 7) is 1.86. The molecule has 67 heavy (non-hydrogen) atoms. The van der Waals surface area contributed by atoms with E-state index in [1.54, 1.807) is 83.2 Å². The molecule has 0 saturated heterocycles. The minimum absolute atomic E-state index is 0.0596. The molecule has 0 bridgehead atoms. The number of esters is 1. The number of nitrogens with two attached hydrogens (primary N) is 1. The highest BCUT2D eigenvalue weighted by atomic mass is 16.5. The maximum Gasteiger partial charge on any atom is 0.343 e. The number of fused-ring (bicyclic) bond motifs is 2. The maximum absolute atomic E-state index is 13.0. The standard InChI is InChI=1S/C25H18N4O3.C24H18N3O4.C3H7N/c30-23-21-7-2-12-26-24(21)29(16-22(23)25(31)27-19-10-11-19)20-6-1-4-17(14-20)8-9-18-5-3-13-28(32)15-18;1-2-31-24(29)21-16-27(23-20(22(21)28)9-4-12-25-23)19-8-3-6-17(14-19)10-11-18-7-5-13-26(30)15-18;4-3-1-2-3/h1-7,12-16,19H,10-11H2,(H-,27,31,32);3-9,12-16,30H,2H2,1H3;3H,1-2,4H2/q;+1;/p+1. The van der Waals surface area contributed by atoms with Gasteiger partial charge in [0.05, 0.1) is 28.5 Å². The van der Waals surface area contributed by atoms with E-state index >= 15 is 0 Å². The lowest BCUT2D eigenvalue weighted by atomic mass is 10.1. The van der Waals surface area contributed by atoms with Crippen LogP contribution >= 0.6 is 0 Å². The van der Waals surface area contributed by atoms with Gasteiger partial charge in [-0.05, 0) is 105 Å². The molecule has 6 aromatic heterocycles. The zero-order chi connectivity index (χ0) is 46.9. The first-order valence-corrected chi connectivity index (χ1v) is 21.4. The summed E-state index contributed by atoms with van der Waals surface area (Å²) in [6.07, 6.45) is 16.6. The van der Waals surface area contributed by atoms with E-state index in [4.69, 9.17) is 10.5 Å². The van der Waals surface area contributed by atoms with Gasteiger partial charge in [0, 0.05) is 81.0 Å². The zero-order valence-electron chi connectivity index (χ0n) is 36.2. The molecule has 0 unspecified atom stereocenters. The van der Waals surface area contributed by atoms with Gasteiger partial charge >= 0.3 is 5.97 Å². The molecule has 2 aliphatic carbocycles. The molecule has 2 saturated carbocycles. The molecule has 0 aliphatic heterocycles. The van der Waals surface area contributed by atoms with E-state index in [-0.39, 0.29) is 35.1 Å². The summed E-state index contributed by atoms with van der Waals surface area (Å²) in [5.74, 6) is 11.1. The van der Waals surface area contributed by atoms with Crippen molar-refractivity contribution in [3.8, 4) is 35.1 Å². The Balaban J connectivity index is 0.000000167. The molecule has 15 heteroatoms. The third-order valence-electron chi connectivity index (χ3n) is 10.3. The van der Waals surface area contributed by atoms with Crippen LogP contribution in [0.3, 0.4) is 0 Å².